The number of allylic oxidation sites excluding steroid dienone is 2. The van der Waals surface area contributed by atoms with E-state index < -0.39 is 6.10 Å². The molecule has 0 amide bonds. The third-order valence-electron chi connectivity index (χ3n) is 6.91. The van der Waals surface area contributed by atoms with Crippen LogP contribution in [0.2, 0.25) is 0 Å². The molecule has 8 atom stereocenters. The molecule has 0 fully saturated rings. The molecule has 170 valence electrons. The Labute approximate surface area is 183 Å². The molecule has 8 unspecified atom stereocenters. The van der Waals surface area contributed by atoms with Gasteiger partial charge < -0.3 is 14.9 Å². The van der Waals surface area contributed by atoms with E-state index >= 15 is 0 Å². The van der Waals surface area contributed by atoms with Crippen LogP contribution >= 0.6 is 0 Å². The Morgan fingerprint density at radius 3 is 2.70 bits per heavy atom. The maximum absolute atomic E-state index is 12.5. The number of ether oxygens (including phenoxy) is 1. The van der Waals surface area contributed by atoms with Crippen LogP contribution in [0.1, 0.15) is 73.1 Å². The Balaban J connectivity index is 2.09. The topological polar surface area (TPSA) is 66.8 Å². The standard InChI is InChI=1S/C26H42O4/c1-7-18(5)26(29)30-24-15-22(28)14-20-10-9-19(6)23(25(20)24)11-8-17(4)13-21(27)12-16(2)3/h9-10,14,17-19,21-25,27-28H,2,7-8,11-13,15H2,1,3-6H3. The molecule has 2 aliphatic carbocycles. The highest BCUT2D eigenvalue weighted by Crippen LogP contribution is 2.44. The molecule has 30 heavy (non-hydrogen) atoms. The van der Waals surface area contributed by atoms with Crippen LogP contribution in [-0.4, -0.2) is 34.5 Å². The Morgan fingerprint density at radius 1 is 1.37 bits per heavy atom. The molecule has 4 heteroatoms. The van der Waals surface area contributed by atoms with Gasteiger partial charge in [0.25, 0.3) is 0 Å². The number of carbonyl (C=O) groups is 1. The van der Waals surface area contributed by atoms with E-state index in [1.807, 2.05) is 26.8 Å². The highest BCUT2D eigenvalue weighted by molar-refractivity contribution is 5.72. The number of rotatable bonds is 10. The van der Waals surface area contributed by atoms with Crippen LogP contribution < -0.4 is 0 Å². The third-order valence-corrected chi connectivity index (χ3v) is 6.91. The Kier molecular flexibility index (Phi) is 9.36. The number of esters is 1. The fourth-order valence-corrected chi connectivity index (χ4v) is 4.96. The van der Waals surface area contributed by atoms with E-state index in [1.165, 1.54) is 0 Å². The number of carbonyl (C=O) groups excluding carboxylic acids is 1. The Bertz CT molecular complexity index is 649. The first-order valence-electron chi connectivity index (χ1n) is 11.7. The minimum Gasteiger partial charge on any atom is -0.461 e. The van der Waals surface area contributed by atoms with E-state index in [1.54, 1.807) is 0 Å². The lowest BCUT2D eigenvalue weighted by atomic mass is 9.66. The van der Waals surface area contributed by atoms with Crippen molar-refractivity contribution in [1.82, 2.24) is 0 Å². The summed E-state index contributed by atoms with van der Waals surface area (Å²) in [5.74, 6) is 1.02. The van der Waals surface area contributed by atoms with Crippen LogP contribution in [0, 0.1) is 29.6 Å². The molecule has 0 spiro atoms. The summed E-state index contributed by atoms with van der Waals surface area (Å²) < 4.78 is 5.95. The quantitative estimate of drug-likeness (QED) is 0.378. The Morgan fingerprint density at radius 2 is 2.07 bits per heavy atom. The zero-order valence-electron chi connectivity index (χ0n) is 19.5. The predicted octanol–water partition coefficient (Wildman–Crippen LogP) is 5.21. The van der Waals surface area contributed by atoms with Gasteiger partial charge in [-0.25, -0.2) is 0 Å². The summed E-state index contributed by atoms with van der Waals surface area (Å²) in [6, 6.07) is 0. The molecule has 2 rings (SSSR count). The molecule has 0 aromatic rings. The SMILES string of the molecule is C=C(C)CC(O)CC(C)CCC1C(C)C=CC2=CC(O)CC(OC(=O)C(C)CC)C21. The highest BCUT2D eigenvalue weighted by Gasteiger charge is 2.42. The van der Waals surface area contributed by atoms with Gasteiger partial charge in [-0.2, -0.15) is 0 Å². The van der Waals surface area contributed by atoms with E-state index in [4.69, 9.17) is 4.74 Å². The summed E-state index contributed by atoms with van der Waals surface area (Å²) in [6.07, 6.45) is 9.80. The zero-order valence-corrected chi connectivity index (χ0v) is 19.5. The van der Waals surface area contributed by atoms with Crippen molar-refractivity contribution in [3.05, 3.63) is 36.0 Å². The van der Waals surface area contributed by atoms with Crippen molar-refractivity contribution in [3.63, 3.8) is 0 Å². The Hall–Kier alpha value is -1.39. The third kappa shape index (κ3) is 6.81. The molecule has 0 heterocycles. The van der Waals surface area contributed by atoms with Crippen LogP contribution in [0.5, 0.6) is 0 Å². The fraction of sp³-hybridized carbons (Fsp3) is 0.731. The van der Waals surface area contributed by atoms with E-state index in [0.717, 1.165) is 36.8 Å². The molecule has 0 saturated carbocycles. The van der Waals surface area contributed by atoms with Crippen LogP contribution in [0.3, 0.4) is 0 Å². The van der Waals surface area contributed by atoms with E-state index in [9.17, 15) is 15.0 Å². The van der Waals surface area contributed by atoms with Gasteiger partial charge in [-0.1, -0.05) is 57.9 Å². The number of aliphatic hydroxyl groups excluding tert-OH is 2. The molecule has 0 bridgehead atoms. The van der Waals surface area contributed by atoms with Gasteiger partial charge >= 0.3 is 5.97 Å². The summed E-state index contributed by atoms with van der Waals surface area (Å²) in [4.78, 5) is 12.5. The van der Waals surface area contributed by atoms with Crippen molar-refractivity contribution >= 4 is 5.97 Å². The largest absolute Gasteiger partial charge is 0.461 e. The second kappa shape index (κ2) is 11.3. The fourth-order valence-electron chi connectivity index (χ4n) is 4.96. The maximum atomic E-state index is 12.5. The molecule has 2 N–H and O–H groups in total. The van der Waals surface area contributed by atoms with Gasteiger partial charge in [0.15, 0.2) is 0 Å². The maximum Gasteiger partial charge on any atom is 0.308 e. The van der Waals surface area contributed by atoms with E-state index in [2.05, 4.69) is 32.6 Å². The number of fused-ring (bicyclic) bond motifs is 1. The number of hydrogen-bond acceptors (Lipinski definition) is 4. The highest BCUT2D eigenvalue weighted by atomic mass is 16.5. The lowest BCUT2D eigenvalue weighted by Gasteiger charge is -2.43. The lowest BCUT2D eigenvalue weighted by molar-refractivity contribution is -0.159. The smallest absolute Gasteiger partial charge is 0.308 e. The summed E-state index contributed by atoms with van der Waals surface area (Å²) >= 11 is 0. The van der Waals surface area contributed by atoms with Gasteiger partial charge in [0.05, 0.1) is 18.1 Å². The van der Waals surface area contributed by atoms with Gasteiger partial charge in [0, 0.05) is 12.3 Å². The average Bonchev–Trinajstić information content (AvgIpc) is 2.65. The van der Waals surface area contributed by atoms with Crippen LogP contribution in [-0.2, 0) is 9.53 Å². The molecule has 0 aromatic heterocycles. The van der Waals surface area contributed by atoms with Crippen LogP contribution in [0.15, 0.2) is 36.0 Å². The van der Waals surface area contributed by atoms with Crippen molar-refractivity contribution in [2.75, 3.05) is 0 Å². The first kappa shape index (κ1) is 24.9. The monoisotopic (exact) mass is 418 g/mol. The molecular formula is C26H42O4. The second-order valence-electron chi connectivity index (χ2n) is 9.90. The molecule has 4 nitrogen and oxygen atoms in total. The minimum atomic E-state index is -0.569. The van der Waals surface area contributed by atoms with Crippen LogP contribution in [0.4, 0.5) is 0 Å². The molecule has 0 radical (unpaired) electrons. The molecule has 0 aliphatic heterocycles. The summed E-state index contributed by atoms with van der Waals surface area (Å²) in [6.45, 7) is 14.2. The predicted molar refractivity (Wildman–Crippen MR) is 122 cm³/mol. The normalized spacial score (nSPS) is 31.3. The average molecular weight is 419 g/mol. The van der Waals surface area contributed by atoms with Crippen molar-refractivity contribution in [2.24, 2.45) is 29.6 Å². The summed E-state index contributed by atoms with van der Waals surface area (Å²) in [7, 11) is 0. The van der Waals surface area contributed by atoms with Crippen molar-refractivity contribution < 1.29 is 19.7 Å². The number of hydrogen-bond donors (Lipinski definition) is 2. The van der Waals surface area contributed by atoms with Gasteiger partial charge in [0.2, 0.25) is 0 Å². The second-order valence-corrected chi connectivity index (χ2v) is 9.90. The molecule has 0 saturated heterocycles. The zero-order chi connectivity index (χ0) is 22.4. The van der Waals surface area contributed by atoms with Crippen molar-refractivity contribution in [1.29, 1.82) is 0 Å². The van der Waals surface area contributed by atoms with Gasteiger partial charge in [-0.3, -0.25) is 4.79 Å². The molecule has 2 aliphatic rings. The summed E-state index contributed by atoms with van der Waals surface area (Å²) in [5, 5.41) is 20.6. The molecule has 0 aromatic carbocycles. The van der Waals surface area contributed by atoms with Crippen LogP contribution in [0.25, 0.3) is 0 Å². The van der Waals surface area contributed by atoms with Crippen molar-refractivity contribution in [3.8, 4) is 0 Å². The molecular weight excluding hydrogens is 376 g/mol. The first-order chi connectivity index (χ1) is 14.1. The summed E-state index contributed by atoms with van der Waals surface area (Å²) in [5.41, 5.74) is 2.12. The van der Waals surface area contributed by atoms with Gasteiger partial charge in [-0.15, -0.1) is 6.58 Å². The van der Waals surface area contributed by atoms with Gasteiger partial charge in [-0.05, 0) is 55.9 Å². The van der Waals surface area contributed by atoms with E-state index in [-0.39, 0.29) is 30.0 Å². The van der Waals surface area contributed by atoms with E-state index in [0.29, 0.717) is 30.6 Å². The van der Waals surface area contributed by atoms with Gasteiger partial charge in [0.1, 0.15) is 6.10 Å². The lowest BCUT2D eigenvalue weighted by Crippen LogP contribution is -2.43. The van der Waals surface area contributed by atoms with Crippen molar-refractivity contribution in [2.45, 2.75) is 91.5 Å². The minimum absolute atomic E-state index is 0.124. The number of aliphatic hydroxyl groups is 2. The first-order valence-corrected chi connectivity index (χ1v) is 11.7.